The van der Waals surface area contributed by atoms with Gasteiger partial charge in [-0.05, 0) is 31.6 Å². The van der Waals surface area contributed by atoms with Gasteiger partial charge in [0.2, 0.25) is 5.91 Å². The molecule has 3 saturated heterocycles. The predicted molar refractivity (Wildman–Crippen MR) is 98.5 cm³/mol. The molecular weight excluding hydrogens is 330 g/mol. The Morgan fingerprint density at radius 3 is 2.58 bits per heavy atom. The van der Waals surface area contributed by atoms with Crippen LogP contribution in [0.2, 0.25) is 0 Å². The van der Waals surface area contributed by atoms with Crippen LogP contribution in [-0.2, 0) is 9.59 Å². The van der Waals surface area contributed by atoms with Gasteiger partial charge in [-0.25, -0.2) is 0 Å². The molecule has 1 aliphatic carbocycles. The number of carbonyl (C=O) groups is 2. The molecule has 0 radical (unpaired) electrons. The van der Waals surface area contributed by atoms with Gasteiger partial charge in [0.25, 0.3) is 5.91 Å². The molecule has 1 N–H and O–H groups in total. The molecule has 0 bridgehead atoms. The molecule has 4 rings (SSSR count). The average molecular weight is 364 g/mol. The van der Waals surface area contributed by atoms with Crippen LogP contribution in [0.5, 0.6) is 0 Å². The van der Waals surface area contributed by atoms with Crippen molar-refractivity contribution in [2.75, 3.05) is 32.7 Å². The van der Waals surface area contributed by atoms with Crippen LogP contribution in [0, 0.1) is 5.92 Å². The number of carbonyl (C=O) groups excluding carboxylic acids is 2. The van der Waals surface area contributed by atoms with Crippen LogP contribution in [0.15, 0.2) is 0 Å². The van der Waals surface area contributed by atoms with Crippen molar-refractivity contribution in [2.24, 2.45) is 5.92 Å². The zero-order chi connectivity index (χ0) is 18.3. The second-order valence-corrected chi connectivity index (χ2v) is 8.91. The molecule has 2 unspecified atom stereocenters. The van der Waals surface area contributed by atoms with Crippen molar-refractivity contribution < 1.29 is 14.7 Å². The van der Waals surface area contributed by atoms with E-state index in [-0.39, 0.29) is 17.9 Å². The van der Waals surface area contributed by atoms with Gasteiger partial charge >= 0.3 is 0 Å². The zero-order valence-corrected chi connectivity index (χ0v) is 16.0. The third kappa shape index (κ3) is 3.00. The molecule has 146 valence electrons. The molecule has 26 heavy (non-hydrogen) atoms. The number of fused-ring (bicyclic) bond motifs is 2. The molecule has 1 saturated carbocycles. The van der Waals surface area contributed by atoms with E-state index in [0.717, 1.165) is 38.4 Å². The molecule has 4 fully saturated rings. The van der Waals surface area contributed by atoms with Gasteiger partial charge in [0, 0.05) is 32.7 Å². The van der Waals surface area contributed by atoms with Crippen molar-refractivity contribution in [1.82, 2.24) is 14.7 Å². The summed E-state index contributed by atoms with van der Waals surface area (Å²) in [5, 5.41) is 10.2. The van der Waals surface area contributed by atoms with Crippen LogP contribution < -0.4 is 0 Å². The summed E-state index contributed by atoms with van der Waals surface area (Å²) in [4.78, 5) is 32.1. The Kier molecular flexibility index (Phi) is 5.10. The number of amides is 2. The highest BCUT2D eigenvalue weighted by atomic mass is 16.3. The van der Waals surface area contributed by atoms with Gasteiger partial charge in [-0.1, -0.05) is 32.6 Å². The first-order valence-electron chi connectivity index (χ1n) is 10.6. The fraction of sp³-hybridized carbons (Fsp3) is 0.900. The Labute approximate surface area is 156 Å². The largest absolute Gasteiger partial charge is 0.392 e. The number of likely N-dealkylation sites (tertiary alicyclic amines) is 1. The maximum Gasteiger partial charge on any atom is 0.252 e. The number of β-amino-alcohol motifs (C(OH)–C–C–N with tert-alkyl or cyclic N) is 1. The number of rotatable bonds is 5. The molecule has 0 aromatic carbocycles. The van der Waals surface area contributed by atoms with E-state index in [2.05, 4.69) is 11.8 Å². The molecular formula is C20H33N3O3. The van der Waals surface area contributed by atoms with E-state index in [1.54, 1.807) is 0 Å². The van der Waals surface area contributed by atoms with Crippen molar-refractivity contribution in [1.29, 1.82) is 0 Å². The Morgan fingerprint density at radius 2 is 1.88 bits per heavy atom. The van der Waals surface area contributed by atoms with Gasteiger partial charge in [-0.15, -0.1) is 0 Å². The van der Waals surface area contributed by atoms with Crippen LogP contribution in [0.4, 0.5) is 0 Å². The standard InChI is InChI=1S/C20H33N3O3/c1-2-3-9-22-18(25)17-10-16(24)12-23(17)20(19(22)26)13-21(14-20)11-15-7-5-4-6-8-15/h15-17,24H,2-14H2,1H3. The fourth-order valence-corrected chi connectivity index (χ4v) is 5.58. The van der Waals surface area contributed by atoms with Gasteiger partial charge in [-0.3, -0.25) is 24.3 Å². The van der Waals surface area contributed by atoms with Crippen LogP contribution >= 0.6 is 0 Å². The first-order valence-corrected chi connectivity index (χ1v) is 10.6. The quantitative estimate of drug-likeness (QED) is 0.744. The molecule has 3 aliphatic heterocycles. The van der Waals surface area contributed by atoms with Gasteiger partial charge in [-0.2, -0.15) is 0 Å². The van der Waals surface area contributed by atoms with Crippen molar-refractivity contribution in [3.63, 3.8) is 0 Å². The van der Waals surface area contributed by atoms with Crippen LogP contribution in [0.25, 0.3) is 0 Å². The van der Waals surface area contributed by atoms with Crippen molar-refractivity contribution in [3.05, 3.63) is 0 Å². The topological polar surface area (TPSA) is 64.1 Å². The lowest BCUT2D eigenvalue weighted by molar-refractivity contribution is -0.180. The SMILES string of the molecule is CCCCN1C(=O)C2CC(O)CN2C2(CN(CC3CCCCC3)C2)C1=O. The van der Waals surface area contributed by atoms with Crippen LogP contribution in [0.3, 0.4) is 0 Å². The normalized spacial score (nSPS) is 32.9. The highest BCUT2D eigenvalue weighted by molar-refractivity contribution is 6.06. The molecule has 6 heteroatoms. The second-order valence-electron chi connectivity index (χ2n) is 8.91. The van der Waals surface area contributed by atoms with Crippen molar-refractivity contribution >= 4 is 11.8 Å². The van der Waals surface area contributed by atoms with E-state index < -0.39 is 11.6 Å². The van der Waals surface area contributed by atoms with E-state index in [4.69, 9.17) is 0 Å². The molecule has 1 spiro atoms. The summed E-state index contributed by atoms with van der Waals surface area (Å²) in [6.45, 7) is 5.59. The minimum absolute atomic E-state index is 0.0128. The van der Waals surface area contributed by atoms with Gasteiger partial charge in [0.15, 0.2) is 0 Å². The maximum atomic E-state index is 13.3. The summed E-state index contributed by atoms with van der Waals surface area (Å²) in [6, 6.07) is -0.309. The summed E-state index contributed by atoms with van der Waals surface area (Å²) in [5.41, 5.74) is -0.571. The summed E-state index contributed by atoms with van der Waals surface area (Å²) in [7, 11) is 0. The molecule has 2 amide bonds. The van der Waals surface area contributed by atoms with E-state index in [1.807, 2.05) is 4.90 Å². The first kappa shape index (κ1) is 18.4. The van der Waals surface area contributed by atoms with Gasteiger partial charge < -0.3 is 5.11 Å². The fourth-order valence-electron chi connectivity index (χ4n) is 5.58. The summed E-state index contributed by atoms with van der Waals surface area (Å²) in [5.74, 6) is 0.662. The van der Waals surface area contributed by atoms with Crippen molar-refractivity contribution in [3.8, 4) is 0 Å². The van der Waals surface area contributed by atoms with Gasteiger partial charge in [0.05, 0.1) is 12.1 Å². The number of unbranched alkanes of at least 4 members (excludes halogenated alkanes) is 1. The van der Waals surface area contributed by atoms with E-state index in [1.165, 1.54) is 37.0 Å². The zero-order valence-electron chi connectivity index (χ0n) is 16.0. The number of imide groups is 1. The third-order valence-electron chi connectivity index (χ3n) is 6.97. The Bertz CT molecular complexity index is 555. The molecule has 4 aliphatic rings. The molecule has 3 heterocycles. The summed E-state index contributed by atoms with van der Waals surface area (Å²) < 4.78 is 0. The van der Waals surface area contributed by atoms with Gasteiger partial charge in [0.1, 0.15) is 5.54 Å². The highest BCUT2D eigenvalue weighted by Crippen LogP contribution is 2.41. The summed E-state index contributed by atoms with van der Waals surface area (Å²) >= 11 is 0. The number of hydrogen-bond acceptors (Lipinski definition) is 5. The lowest BCUT2D eigenvalue weighted by atomic mass is 9.80. The first-order chi connectivity index (χ1) is 12.5. The smallest absolute Gasteiger partial charge is 0.252 e. The molecule has 0 aromatic rings. The van der Waals surface area contributed by atoms with E-state index in [9.17, 15) is 14.7 Å². The second kappa shape index (κ2) is 7.21. The van der Waals surface area contributed by atoms with E-state index >= 15 is 0 Å². The number of aliphatic hydroxyl groups excluding tert-OH is 1. The maximum absolute atomic E-state index is 13.3. The van der Waals surface area contributed by atoms with Crippen LogP contribution in [0.1, 0.15) is 58.3 Å². The lowest BCUT2D eigenvalue weighted by Crippen LogP contribution is -2.81. The van der Waals surface area contributed by atoms with Crippen LogP contribution in [-0.4, -0.2) is 82.0 Å². The predicted octanol–water partition coefficient (Wildman–Crippen LogP) is 1.23. The lowest BCUT2D eigenvalue weighted by Gasteiger charge is -2.59. The van der Waals surface area contributed by atoms with E-state index in [0.29, 0.717) is 19.5 Å². The Balaban J connectivity index is 1.48. The monoisotopic (exact) mass is 363 g/mol. The minimum Gasteiger partial charge on any atom is -0.392 e. The molecule has 2 atom stereocenters. The minimum atomic E-state index is -0.571. The molecule has 6 nitrogen and oxygen atoms in total. The average Bonchev–Trinajstić information content (AvgIpc) is 3.00. The number of nitrogens with zero attached hydrogens (tertiary/aromatic N) is 3. The number of aliphatic hydroxyl groups is 1. The number of piperazine rings is 1. The Hall–Kier alpha value is -0.980. The third-order valence-corrected chi connectivity index (χ3v) is 6.97. The Morgan fingerprint density at radius 1 is 1.15 bits per heavy atom. The van der Waals surface area contributed by atoms with Crippen molar-refractivity contribution in [2.45, 2.75) is 76.0 Å². The molecule has 0 aromatic heterocycles. The summed E-state index contributed by atoms with van der Waals surface area (Å²) in [6.07, 6.45) is 8.45. The number of hydrogen-bond donors (Lipinski definition) is 1. The highest BCUT2D eigenvalue weighted by Gasteiger charge is 2.64.